The number of carbonyl (C=O) groups is 3. The van der Waals surface area contributed by atoms with E-state index in [0.717, 1.165) is 0 Å². The van der Waals surface area contributed by atoms with Crippen LogP contribution in [0.1, 0.15) is 37.8 Å². The molecule has 0 saturated carbocycles. The van der Waals surface area contributed by atoms with Crippen molar-refractivity contribution in [3.8, 4) is 11.3 Å². The maximum atomic E-state index is 13.4. The van der Waals surface area contributed by atoms with Gasteiger partial charge in [0.25, 0.3) is 0 Å². The largest absolute Gasteiger partial charge is 0.478 e. The molecule has 4 rings (SSSR count). The highest BCUT2D eigenvalue weighted by atomic mass is 16.5. The van der Waals surface area contributed by atoms with E-state index >= 15 is 0 Å². The van der Waals surface area contributed by atoms with Gasteiger partial charge in [0, 0.05) is 28.1 Å². The molecule has 0 fully saturated rings. The summed E-state index contributed by atoms with van der Waals surface area (Å²) in [4.78, 5) is 52.7. The minimum atomic E-state index is -1.26. The third kappa shape index (κ3) is 4.35. The molecule has 2 aromatic carbocycles. The van der Waals surface area contributed by atoms with Gasteiger partial charge in [0.2, 0.25) is 0 Å². The number of aliphatic carboxylic acids is 1. The number of methoxy groups -OCH3 is 1. The Morgan fingerprint density at radius 1 is 0.973 bits per heavy atom. The molecule has 0 radical (unpaired) electrons. The lowest BCUT2D eigenvalue weighted by Crippen LogP contribution is -2.37. The van der Waals surface area contributed by atoms with E-state index in [1.807, 2.05) is 30.3 Å². The molecule has 1 aliphatic rings. The molecule has 0 bridgehead atoms. The molecule has 1 atom stereocenters. The summed E-state index contributed by atoms with van der Waals surface area (Å²) < 4.78 is 11.4. The number of benzene rings is 2. The Balaban J connectivity index is 2.11. The number of hydrogen-bond acceptors (Lipinski definition) is 7. The molecule has 0 aliphatic carbocycles. The topological polar surface area (TPSA) is 114 Å². The van der Waals surface area contributed by atoms with Crippen molar-refractivity contribution in [3.63, 3.8) is 0 Å². The second kappa shape index (κ2) is 9.89. The Morgan fingerprint density at radius 3 is 2.22 bits per heavy atom. The van der Waals surface area contributed by atoms with Crippen LogP contribution in [0.2, 0.25) is 0 Å². The highest BCUT2D eigenvalue weighted by molar-refractivity contribution is 6.01. The molecule has 1 unspecified atom stereocenters. The number of fused-ring (bicyclic) bond motifs is 1. The van der Waals surface area contributed by atoms with Crippen LogP contribution in [0.25, 0.3) is 22.3 Å². The second-order valence-electron chi connectivity index (χ2n) is 8.99. The standard InChI is InChI=1S/C29H27NO7/c1-15(31)14-30-17(3)22(28(33)34)24(23(18(30)4)29(35)36-5)20-12-9-13-21-25(32)16(2)26(37-27(20)21)19-10-7-6-8-11-19/h6-13,24H,14H2,1-5H3,(H,33,34). The highest BCUT2D eigenvalue weighted by Crippen LogP contribution is 2.44. The van der Waals surface area contributed by atoms with Gasteiger partial charge in [-0.2, -0.15) is 0 Å². The van der Waals surface area contributed by atoms with Gasteiger partial charge in [-0.15, -0.1) is 0 Å². The van der Waals surface area contributed by atoms with E-state index in [0.29, 0.717) is 33.8 Å². The average molecular weight is 502 g/mol. The number of carboxylic acids is 1. The summed E-state index contributed by atoms with van der Waals surface area (Å²) in [5.41, 5.74) is 2.03. The molecule has 0 amide bonds. The van der Waals surface area contributed by atoms with Gasteiger partial charge in [-0.05, 0) is 33.8 Å². The predicted molar refractivity (Wildman–Crippen MR) is 138 cm³/mol. The summed E-state index contributed by atoms with van der Waals surface area (Å²) in [7, 11) is 1.21. The van der Waals surface area contributed by atoms with Gasteiger partial charge in [-0.25, -0.2) is 9.59 Å². The summed E-state index contributed by atoms with van der Waals surface area (Å²) >= 11 is 0. The lowest BCUT2D eigenvalue weighted by molar-refractivity contribution is -0.136. The maximum absolute atomic E-state index is 13.4. The molecule has 1 N–H and O–H groups in total. The maximum Gasteiger partial charge on any atom is 0.336 e. The van der Waals surface area contributed by atoms with Crippen LogP contribution in [0, 0.1) is 6.92 Å². The quantitative estimate of drug-likeness (QED) is 0.489. The Labute approximate surface area is 213 Å². The number of ketones is 1. The van der Waals surface area contributed by atoms with Crippen molar-refractivity contribution in [1.82, 2.24) is 4.90 Å². The van der Waals surface area contributed by atoms with Gasteiger partial charge in [0.15, 0.2) is 5.43 Å². The van der Waals surface area contributed by atoms with E-state index in [2.05, 4.69) is 0 Å². The number of nitrogens with zero attached hydrogens (tertiary/aromatic N) is 1. The Morgan fingerprint density at radius 2 is 1.62 bits per heavy atom. The zero-order valence-electron chi connectivity index (χ0n) is 21.2. The fourth-order valence-corrected chi connectivity index (χ4v) is 4.95. The van der Waals surface area contributed by atoms with E-state index in [1.54, 1.807) is 39.0 Å². The van der Waals surface area contributed by atoms with Crippen molar-refractivity contribution >= 4 is 28.7 Å². The zero-order valence-corrected chi connectivity index (χ0v) is 21.2. The molecule has 8 nitrogen and oxygen atoms in total. The van der Waals surface area contributed by atoms with Gasteiger partial charge < -0.3 is 19.2 Å². The number of allylic oxidation sites excluding steroid dienone is 2. The molecular formula is C29H27NO7. The van der Waals surface area contributed by atoms with E-state index in [9.17, 15) is 24.3 Å². The number of rotatable bonds is 6. The fourth-order valence-electron chi connectivity index (χ4n) is 4.95. The average Bonchev–Trinajstić information content (AvgIpc) is 2.87. The molecule has 3 aromatic rings. The SMILES string of the molecule is COC(=O)C1=C(C)N(CC(C)=O)C(C)=C(C(=O)O)C1c1cccc2c(=O)c(C)c(-c3ccccc3)oc12. The third-order valence-electron chi connectivity index (χ3n) is 6.71. The minimum absolute atomic E-state index is 0.0590. The molecule has 0 spiro atoms. The summed E-state index contributed by atoms with van der Waals surface area (Å²) in [5, 5.41) is 10.6. The first-order valence-corrected chi connectivity index (χ1v) is 11.7. The van der Waals surface area contributed by atoms with Crippen molar-refractivity contribution in [2.24, 2.45) is 0 Å². The van der Waals surface area contributed by atoms with Crippen LogP contribution in [0.15, 0.2) is 80.3 Å². The van der Waals surface area contributed by atoms with Crippen LogP contribution in [-0.4, -0.2) is 41.4 Å². The van der Waals surface area contributed by atoms with E-state index < -0.39 is 17.9 Å². The first-order valence-electron chi connectivity index (χ1n) is 11.7. The Hall–Kier alpha value is -4.46. The number of hydrogen-bond donors (Lipinski definition) is 1. The zero-order chi connectivity index (χ0) is 27.0. The molecule has 190 valence electrons. The number of ether oxygens (including phenoxy) is 1. The van der Waals surface area contributed by atoms with Crippen LogP contribution in [0.4, 0.5) is 0 Å². The molecular weight excluding hydrogens is 474 g/mol. The summed E-state index contributed by atoms with van der Waals surface area (Å²) in [6.45, 7) is 6.20. The van der Waals surface area contributed by atoms with Gasteiger partial charge >= 0.3 is 11.9 Å². The number of carboxylic acid groups (broad SMARTS) is 1. The molecule has 1 aliphatic heterocycles. The van der Waals surface area contributed by atoms with Gasteiger partial charge in [-0.1, -0.05) is 42.5 Å². The molecule has 37 heavy (non-hydrogen) atoms. The predicted octanol–water partition coefficient (Wildman–Crippen LogP) is 4.56. The van der Waals surface area contributed by atoms with Crippen molar-refractivity contribution < 1.29 is 28.6 Å². The van der Waals surface area contributed by atoms with Crippen LogP contribution >= 0.6 is 0 Å². The smallest absolute Gasteiger partial charge is 0.336 e. The van der Waals surface area contributed by atoms with Crippen molar-refractivity contribution in [3.05, 3.63) is 92.4 Å². The molecule has 1 aromatic heterocycles. The number of Topliss-reactive ketones (excluding diaryl/α,β-unsaturated/α-hetero) is 1. The molecule has 2 heterocycles. The van der Waals surface area contributed by atoms with Gasteiger partial charge in [0.05, 0.1) is 36.1 Å². The molecule has 0 saturated heterocycles. The Kier molecular flexibility index (Phi) is 6.85. The fraction of sp³-hybridized carbons (Fsp3) is 0.241. The van der Waals surface area contributed by atoms with Crippen LogP contribution in [0.3, 0.4) is 0 Å². The second-order valence-corrected chi connectivity index (χ2v) is 8.99. The summed E-state index contributed by atoms with van der Waals surface area (Å²) in [6.07, 6.45) is 0. The van der Waals surface area contributed by atoms with Gasteiger partial charge in [0.1, 0.15) is 17.1 Å². The van der Waals surface area contributed by atoms with Crippen molar-refractivity contribution in [2.45, 2.75) is 33.6 Å². The normalized spacial score (nSPS) is 15.8. The van der Waals surface area contributed by atoms with Crippen molar-refractivity contribution in [2.75, 3.05) is 13.7 Å². The lowest BCUT2D eigenvalue weighted by atomic mass is 9.79. The number of carbonyl (C=O) groups excluding carboxylic acids is 2. The number of para-hydroxylation sites is 1. The van der Waals surface area contributed by atoms with Crippen LogP contribution in [-0.2, 0) is 19.1 Å². The van der Waals surface area contributed by atoms with E-state index in [-0.39, 0.29) is 39.9 Å². The summed E-state index contributed by atoms with van der Waals surface area (Å²) in [6, 6.07) is 14.0. The first kappa shape index (κ1) is 25.6. The van der Waals surface area contributed by atoms with Crippen molar-refractivity contribution in [1.29, 1.82) is 0 Å². The van der Waals surface area contributed by atoms with E-state index in [4.69, 9.17) is 9.15 Å². The van der Waals surface area contributed by atoms with Gasteiger partial charge in [-0.3, -0.25) is 9.59 Å². The molecule has 8 heteroatoms. The lowest BCUT2D eigenvalue weighted by Gasteiger charge is -2.37. The summed E-state index contributed by atoms with van der Waals surface area (Å²) in [5.74, 6) is -2.95. The van der Waals surface area contributed by atoms with Crippen LogP contribution in [0.5, 0.6) is 0 Å². The minimum Gasteiger partial charge on any atom is -0.478 e. The monoisotopic (exact) mass is 501 g/mol. The third-order valence-corrected chi connectivity index (χ3v) is 6.71. The van der Waals surface area contributed by atoms with Crippen LogP contribution < -0.4 is 5.43 Å². The van der Waals surface area contributed by atoms with E-state index in [1.165, 1.54) is 18.9 Å². The number of esters is 1. The first-order chi connectivity index (χ1) is 17.6. The highest BCUT2D eigenvalue weighted by Gasteiger charge is 2.41. The Bertz CT molecular complexity index is 1560.